The minimum Gasteiger partial charge on any atom is -0.496 e. The number of nitrogens with zero attached hydrogens (tertiary/aromatic N) is 3. The summed E-state index contributed by atoms with van der Waals surface area (Å²) >= 11 is 4.98. The number of hydrogen-bond acceptors (Lipinski definition) is 7. The molecule has 8 heteroatoms. The lowest BCUT2D eigenvalue weighted by Gasteiger charge is -2.21. The highest BCUT2D eigenvalue weighted by Gasteiger charge is 2.28. The standard InChI is InChI=1S/C20H17BrN4O2S/c1-3-10-28-20-23-19-17(24-25-20)13-6-4-5-7-15(13)22-18(27-19)14-11-12(21)8-9-16(14)26-2/h3-9,11,18,22H,1,10H2,2H3/t18-/m1/s1. The molecule has 1 aliphatic rings. The molecule has 0 spiro atoms. The van der Waals surface area contributed by atoms with E-state index in [-0.39, 0.29) is 0 Å². The average molecular weight is 457 g/mol. The van der Waals surface area contributed by atoms with Crippen molar-refractivity contribution in [1.29, 1.82) is 0 Å². The van der Waals surface area contributed by atoms with Crippen LogP contribution < -0.4 is 14.8 Å². The minimum absolute atomic E-state index is 0.422. The molecule has 2 aromatic carbocycles. The van der Waals surface area contributed by atoms with Gasteiger partial charge in [-0.15, -0.1) is 16.8 Å². The van der Waals surface area contributed by atoms with E-state index in [0.717, 1.165) is 21.3 Å². The number of rotatable bonds is 5. The summed E-state index contributed by atoms with van der Waals surface area (Å²) in [6.45, 7) is 3.73. The third kappa shape index (κ3) is 3.70. The molecule has 0 unspecified atom stereocenters. The van der Waals surface area contributed by atoms with Gasteiger partial charge in [0.25, 0.3) is 0 Å². The van der Waals surface area contributed by atoms with Crippen LogP contribution in [0.15, 0.2) is 64.7 Å². The summed E-state index contributed by atoms with van der Waals surface area (Å²) < 4.78 is 12.7. The molecule has 0 bridgehead atoms. The summed E-state index contributed by atoms with van der Waals surface area (Å²) in [6.07, 6.45) is 1.29. The van der Waals surface area contributed by atoms with E-state index in [0.29, 0.717) is 28.2 Å². The molecular weight excluding hydrogens is 440 g/mol. The van der Waals surface area contributed by atoms with Crippen molar-refractivity contribution in [1.82, 2.24) is 15.2 Å². The van der Waals surface area contributed by atoms with E-state index in [9.17, 15) is 0 Å². The smallest absolute Gasteiger partial charge is 0.247 e. The lowest BCUT2D eigenvalue weighted by Crippen LogP contribution is -2.18. The Hall–Kier alpha value is -2.58. The molecule has 0 fully saturated rings. The molecule has 0 saturated heterocycles. The number of methoxy groups -OCH3 is 1. The highest BCUT2D eigenvalue weighted by Crippen LogP contribution is 2.41. The number of hydrogen-bond donors (Lipinski definition) is 1. The maximum absolute atomic E-state index is 6.28. The van der Waals surface area contributed by atoms with E-state index in [1.165, 1.54) is 11.8 Å². The lowest BCUT2D eigenvalue weighted by atomic mass is 10.1. The Labute approximate surface area is 175 Å². The lowest BCUT2D eigenvalue weighted by molar-refractivity contribution is 0.219. The van der Waals surface area contributed by atoms with Crippen molar-refractivity contribution in [3.05, 3.63) is 65.2 Å². The SMILES string of the molecule is C=CCSc1nnc2c(n1)O[C@H](c1cc(Br)ccc1OC)Nc1ccccc1-2. The van der Waals surface area contributed by atoms with Gasteiger partial charge in [-0.3, -0.25) is 0 Å². The molecule has 0 aliphatic carbocycles. The third-order valence-electron chi connectivity index (χ3n) is 4.14. The second-order valence-electron chi connectivity index (χ2n) is 5.92. The van der Waals surface area contributed by atoms with Crippen LogP contribution in [0.5, 0.6) is 11.6 Å². The number of nitrogens with one attached hydrogen (secondary N) is 1. The van der Waals surface area contributed by atoms with Crippen molar-refractivity contribution in [3.8, 4) is 22.9 Å². The molecule has 142 valence electrons. The van der Waals surface area contributed by atoms with Crippen LogP contribution in [0.25, 0.3) is 11.3 Å². The predicted molar refractivity (Wildman–Crippen MR) is 114 cm³/mol. The molecule has 1 aliphatic heterocycles. The largest absolute Gasteiger partial charge is 0.496 e. The number of para-hydroxylation sites is 1. The summed E-state index contributed by atoms with van der Waals surface area (Å²) in [5.74, 6) is 1.83. The van der Waals surface area contributed by atoms with Crippen LogP contribution in [0.1, 0.15) is 11.8 Å². The van der Waals surface area contributed by atoms with Gasteiger partial charge in [-0.2, -0.15) is 4.98 Å². The molecule has 3 aromatic rings. The molecule has 2 heterocycles. The number of halogens is 1. The molecule has 6 nitrogen and oxygen atoms in total. The summed E-state index contributed by atoms with van der Waals surface area (Å²) in [5, 5.41) is 12.6. The highest BCUT2D eigenvalue weighted by atomic mass is 79.9. The zero-order chi connectivity index (χ0) is 19.5. The first kappa shape index (κ1) is 18.8. The summed E-state index contributed by atoms with van der Waals surface area (Å²) in [7, 11) is 1.64. The van der Waals surface area contributed by atoms with Crippen LogP contribution in [0, 0.1) is 0 Å². The van der Waals surface area contributed by atoms with Crippen molar-refractivity contribution in [2.24, 2.45) is 0 Å². The first-order chi connectivity index (χ1) is 13.7. The van der Waals surface area contributed by atoms with Crippen molar-refractivity contribution in [2.45, 2.75) is 11.4 Å². The van der Waals surface area contributed by atoms with E-state index in [1.807, 2.05) is 42.5 Å². The monoisotopic (exact) mass is 456 g/mol. The fourth-order valence-electron chi connectivity index (χ4n) is 2.89. The second-order valence-corrected chi connectivity index (χ2v) is 7.82. The van der Waals surface area contributed by atoms with Crippen molar-refractivity contribution in [2.75, 3.05) is 18.2 Å². The Balaban J connectivity index is 1.83. The van der Waals surface area contributed by atoms with E-state index in [1.54, 1.807) is 13.2 Å². The molecule has 0 radical (unpaired) electrons. The zero-order valence-electron chi connectivity index (χ0n) is 15.1. The normalized spacial score (nSPS) is 14.7. The molecule has 4 rings (SSSR count). The van der Waals surface area contributed by atoms with Crippen LogP contribution in [-0.4, -0.2) is 28.0 Å². The van der Waals surface area contributed by atoms with Crippen molar-refractivity contribution < 1.29 is 9.47 Å². The molecule has 1 atom stereocenters. The summed E-state index contributed by atoms with van der Waals surface area (Å²) in [6, 6.07) is 13.6. The minimum atomic E-state index is -0.510. The van der Waals surface area contributed by atoms with Crippen molar-refractivity contribution in [3.63, 3.8) is 0 Å². The van der Waals surface area contributed by atoms with Gasteiger partial charge >= 0.3 is 0 Å². The number of benzene rings is 2. The van der Waals surface area contributed by atoms with Gasteiger partial charge in [-0.25, -0.2) is 0 Å². The second kappa shape index (κ2) is 8.20. The van der Waals surface area contributed by atoms with Crippen molar-refractivity contribution >= 4 is 33.4 Å². The van der Waals surface area contributed by atoms with Crippen LogP contribution in [0.4, 0.5) is 5.69 Å². The van der Waals surface area contributed by atoms with Gasteiger partial charge in [0.2, 0.25) is 17.3 Å². The molecule has 1 N–H and O–H groups in total. The molecule has 1 aromatic heterocycles. The molecule has 0 saturated carbocycles. The van der Waals surface area contributed by atoms with Crippen LogP contribution >= 0.6 is 27.7 Å². The number of thioether (sulfide) groups is 1. The van der Waals surface area contributed by atoms with E-state index in [2.05, 4.69) is 43.0 Å². The van der Waals surface area contributed by atoms with Gasteiger partial charge in [0.15, 0.2) is 5.69 Å². The Morgan fingerprint density at radius 1 is 1.29 bits per heavy atom. The zero-order valence-corrected chi connectivity index (χ0v) is 17.5. The first-order valence-corrected chi connectivity index (χ1v) is 10.3. The predicted octanol–water partition coefficient (Wildman–Crippen LogP) is 5.09. The molecular formula is C20H17BrN4O2S. The number of anilines is 1. The maximum Gasteiger partial charge on any atom is 0.247 e. The Morgan fingerprint density at radius 2 is 2.14 bits per heavy atom. The maximum atomic E-state index is 6.28. The van der Waals surface area contributed by atoms with Gasteiger partial charge in [-0.1, -0.05) is 52.0 Å². The Bertz CT molecular complexity index is 1030. The van der Waals surface area contributed by atoms with Gasteiger partial charge in [0, 0.05) is 21.5 Å². The van der Waals surface area contributed by atoms with Crippen LogP contribution in [0.3, 0.4) is 0 Å². The van der Waals surface area contributed by atoms with Gasteiger partial charge < -0.3 is 14.8 Å². The molecule has 28 heavy (non-hydrogen) atoms. The topological polar surface area (TPSA) is 69.2 Å². The van der Waals surface area contributed by atoms with E-state index < -0.39 is 6.23 Å². The van der Waals surface area contributed by atoms with Crippen LogP contribution in [0.2, 0.25) is 0 Å². The Morgan fingerprint density at radius 3 is 2.96 bits per heavy atom. The molecule has 0 amide bonds. The van der Waals surface area contributed by atoms with E-state index >= 15 is 0 Å². The average Bonchev–Trinajstić information content (AvgIpc) is 2.88. The summed E-state index contributed by atoms with van der Waals surface area (Å²) in [4.78, 5) is 4.59. The fourth-order valence-corrected chi connectivity index (χ4v) is 3.78. The third-order valence-corrected chi connectivity index (χ3v) is 5.46. The number of fused-ring (bicyclic) bond motifs is 3. The number of ether oxygens (including phenoxy) is 2. The first-order valence-electron chi connectivity index (χ1n) is 8.54. The van der Waals surface area contributed by atoms with Crippen LogP contribution in [-0.2, 0) is 0 Å². The Kier molecular flexibility index (Phi) is 5.50. The number of aromatic nitrogens is 3. The highest BCUT2D eigenvalue weighted by molar-refractivity contribution is 9.10. The van der Waals surface area contributed by atoms with Gasteiger partial charge in [0.1, 0.15) is 5.75 Å². The summed E-state index contributed by atoms with van der Waals surface area (Å²) in [5.41, 5.74) is 3.21. The van der Waals surface area contributed by atoms with Gasteiger partial charge in [0.05, 0.1) is 12.7 Å². The quantitative estimate of drug-likeness (QED) is 0.423. The fraction of sp³-hybridized carbons (Fsp3) is 0.150. The van der Waals surface area contributed by atoms with E-state index in [4.69, 9.17) is 9.47 Å². The van der Waals surface area contributed by atoms with Gasteiger partial charge in [-0.05, 0) is 24.3 Å².